The van der Waals surface area contributed by atoms with Crippen LogP contribution in [0.5, 0.6) is 0 Å². The Morgan fingerprint density at radius 2 is 2.20 bits per heavy atom. The topological polar surface area (TPSA) is 24.9 Å². The van der Waals surface area contributed by atoms with Gasteiger partial charge in [0, 0.05) is 17.5 Å². The van der Waals surface area contributed by atoms with E-state index in [-0.39, 0.29) is 0 Å². The van der Waals surface area contributed by atoms with Gasteiger partial charge in [0.15, 0.2) is 0 Å². The van der Waals surface area contributed by atoms with Crippen LogP contribution in [0.4, 0.5) is 0 Å². The third-order valence-corrected chi connectivity index (χ3v) is 4.35. The van der Waals surface area contributed by atoms with Crippen LogP contribution >= 0.6 is 11.3 Å². The van der Waals surface area contributed by atoms with E-state index in [9.17, 15) is 0 Å². The van der Waals surface area contributed by atoms with Crippen LogP contribution in [0, 0.1) is 0 Å². The average Bonchev–Trinajstić information content (AvgIpc) is 2.91. The standard InChI is InChI=1S/C12H16N2S/c1-2-5-9(4-1)13-8-12-14-10-6-3-7-11(10)15-12/h1-2,9,13H,3-8H2. The zero-order chi connectivity index (χ0) is 10.1. The van der Waals surface area contributed by atoms with Crippen molar-refractivity contribution in [2.75, 3.05) is 0 Å². The molecule has 15 heavy (non-hydrogen) atoms. The molecule has 2 aliphatic carbocycles. The monoisotopic (exact) mass is 220 g/mol. The summed E-state index contributed by atoms with van der Waals surface area (Å²) in [6.45, 7) is 0.962. The number of nitrogens with zero attached hydrogens (tertiary/aromatic N) is 1. The summed E-state index contributed by atoms with van der Waals surface area (Å²) in [7, 11) is 0. The summed E-state index contributed by atoms with van der Waals surface area (Å²) >= 11 is 1.91. The van der Waals surface area contributed by atoms with E-state index in [2.05, 4.69) is 22.5 Å². The van der Waals surface area contributed by atoms with E-state index in [1.165, 1.54) is 47.7 Å². The maximum atomic E-state index is 4.69. The molecule has 2 aliphatic rings. The molecule has 3 heteroatoms. The van der Waals surface area contributed by atoms with Crippen molar-refractivity contribution in [3.8, 4) is 0 Å². The highest BCUT2D eigenvalue weighted by atomic mass is 32.1. The van der Waals surface area contributed by atoms with Crippen LogP contribution in [-0.4, -0.2) is 11.0 Å². The Bertz CT molecular complexity index is 351. The molecule has 0 atom stereocenters. The van der Waals surface area contributed by atoms with E-state index in [0.717, 1.165) is 6.54 Å². The lowest BCUT2D eigenvalue weighted by Crippen LogP contribution is -2.25. The number of hydrogen-bond acceptors (Lipinski definition) is 3. The first-order chi connectivity index (χ1) is 7.42. The Hall–Kier alpha value is -0.670. The van der Waals surface area contributed by atoms with Crippen molar-refractivity contribution in [1.29, 1.82) is 0 Å². The number of thiazole rings is 1. The van der Waals surface area contributed by atoms with Gasteiger partial charge in [-0.05, 0) is 32.1 Å². The summed E-state index contributed by atoms with van der Waals surface area (Å²) in [5.74, 6) is 0. The summed E-state index contributed by atoms with van der Waals surface area (Å²) in [5.41, 5.74) is 1.38. The molecule has 1 N–H and O–H groups in total. The van der Waals surface area contributed by atoms with Crippen molar-refractivity contribution in [3.05, 3.63) is 27.7 Å². The van der Waals surface area contributed by atoms with E-state index in [0.29, 0.717) is 6.04 Å². The van der Waals surface area contributed by atoms with Gasteiger partial charge in [-0.3, -0.25) is 0 Å². The van der Waals surface area contributed by atoms with Crippen LogP contribution in [0.25, 0.3) is 0 Å². The molecule has 0 radical (unpaired) electrons. The second-order valence-corrected chi connectivity index (χ2v) is 5.52. The molecular formula is C12H16N2S. The smallest absolute Gasteiger partial charge is 0.107 e. The number of hydrogen-bond donors (Lipinski definition) is 1. The maximum absolute atomic E-state index is 4.69. The minimum atomic E-state index is 0.656. The molecule has 0 saturated carbocycles. The first-order valence-electron chi connectivity index (χ1n) is 5.77. The first-order valence-corrected chi connectivity index (χ1v) is 6.59. The van der Waals surface area contributed by atoms with E-state index in [1.807, 2.05) is 11.3 Å². The van der Waals surface area contributed by atoms with E-state index >= 15 is 0 Å². The molecule has 0 saturated heterocycles. The molecule has 0 aromatic carbocycles. The fraction of sp³-hybridized carbons (Fsp3) is 0.583. The lowest BCUT2D eigenvalue weighted by Gasteiger charge is -2.09. The van der Waals surface area contributed by atoms with Crippen molar-refractivity contribution >= 4 is 11.3 Å². The summed E-state index contributed by atoms with van der Waals surface area (Å²) in [4.78, 5) is 6.23. The second kappa shape index (κ2) is 4.06. The Morgan fingerprint density at radius 1 is 1.33 bits per heavy atom. The van der Waals surface area contributed by atoms with Gasteiger partial charge >= 0.3 is 0 Å². The molecule has 0 bridgehead atoms. The van der Waals surface area contributed by atoms with Gasteiger partial charge in [0.05, 0.1) is 5.69 Å². The van der Waals surface area contributed by atoms with Crippen LogP contribution in [0.1, 0.15) is 34.8 Å². The maximum Gasteiger partial charge on any atom is 0.107 e. The van der Waals surface area contributed by atoms with Gasteiger partial charge in [-0.2, -0.15) is 0 Å². The molecule has 1 aromatic rings. The highest BCUT2D eigenvalue weighted by Crippen LogP contribution is 2.27. The summed E-state index contributed by atoms with van der Waals surface area (Å²) in [6.07, 6.45) is 10.7. The van der Waals surface area contributed by atoms with Gasteiger partial charge < -0.3 is 5.32 Å². The van der Waals surface area contributed by atoms with Crippen LogP contribution in [0.2, 0.25) is 0 Å². The third-order valence-electron chi connectivity index (χ3n) is 3.19. The Balaban J connectivity index is 1.58. The Kier molecular flexibility index (Phi) is 2.59. The fourth-order valence-corrected chi connectivity index (χ4v) is 3.44. The summed E-state index contributed by atoms with van der Waals surface area (Å²) in [5, 5.41) is 4.86. The molecule has 0 spiro atoms. The lowest BCUT2D eigenvalue weighted by molar-refractivity contribution is 0.537. The average molecular weight is 220 g/mol. The molecule has 0 fully saturated rings. The molecular weight excluding hydrogens is 204 g/mol. The number of rotatable bonds is 3. The van der Waals surface area contributed by atoms with Gasteiger partial charge in [-0.25, -0.2) is 4.98 Å². The molecule has 2 nitrogen and oxygen atoms in total. The van der Waals surface area contributed by atoms with Crippen molar-refractivity contribution in [3.63, 3.8) is 0 Å². The molecule has 1 aromatic heterocycles. The Morgan fingerprint density at radius 3 is 3.00 bits per heavy atom. The van der Waals surface area contributed by atoms with E-state index in [1.54, 1.807) is 0 Å². The van der Waals surface area contributed by atoms with Crippen LogP contribution in [0.3, 0.4) is 0 Å². The summed E-state index contributed by atoms with van der Waals surface area (Å²) in [6, 6.07) is 0.656. The van der Waals surface area contributed by atoms with E-state index < -0.39 is 0 Å². The van der Waals surface area contributed by atoms with Crippen molar-refractivity contribution in [1.82, 2.24) is 10.3 Å². The van der Waals surface area contributed by atoms with Crippen molar-refractivity contribution in [2.45, 2.75) is 44.7 Å². The first kappa shape index (κ1) is 9.55. The highest BCUT2D eigenvalue weighted by Gasteiger charge is 2.17. The van der Waals surface area contributed by atoms with Crippen LogP contribution in [-0.2, 0) is 19.4 Å². The highest BCUT2D eigenvalue weighted by molar-refractivity contribution is 7.11. The predicted molar refractivity (Wildman–Crippen MR) is 63.1 cm³/mol. The van der Waals surface area contributed by atoms with Crippen LogP contribution in [0.15, 0.2) is 12.2 Å². The zero-order valence-corrected chi connectivity index (χ0v) is 9.65. The van der Waals surface area contributed by atoms with Gasteiger partial charge in [0.25, 0.3) is 0 Å². The normalized spacial score (nSPS) is 20.0. The minimum Gasteiger partial charge on any atom is -0.307 e. The molecule has 1 heterocycles. The third kappa shape index (κ3) is 1.99. The SMILES string of the molecule is C1=CCC(NCc2nc3c(s2)CCC3)C1. The van der Waals surface area contributed by atoms with Gasteiger partial charge in [-0.15, -0.1) is 11.3 Å². The number of nitrogens with one attached hydrogen (secondary N) is 1. The molecule has 0 unspecified atom stereocenters. The molecule has 0 aliphatic heterocycles. The molecule has 80 valence electrons. The van der Waals surface area contributed by atoms with Gasteiger partial charge in [-0.1, -0.05) is 12.2 Å². The fourth-order valence-electron chi connectivity index (χ4n) is 2.33. The Labute approximate surface area is 94.4 Å². The number of aromatic nitrogens is 1. The van der Waals surface area contributed by atoms with Crippen molar-refractivity contribution < 1.29 is 0 Å². The van der Waals surface area contributed by atoms with Gasteiger partial charge in [0.1, 0.15) is 5.01 Å². The van der Waals surface area contributed by atoms with Crippen molar-refractivity contribution in [2.24, 2.45) is 0 Å². The van der Waals surface area contributed by atoms with E-state index in [4.69, 9.17) is 0 Å². The minimum absolute atomic E-state index is 0.656. The predicted octanol–water partition coefficient (Wildman–Crippen LogP) is 2.44. The quantitative estimate of drug-likeness (QED) is 0.791. The summed E-state index contributed by atoms with van der Waals surface area (Å²) < 4.78 is 0. The zero-order valence-electron chi connectivity index (χ0n) is 8.83. The lowest BCUT2D eigenvalue weighted by atomic mass is 10.2. The second-order valence-electron chi connectivity index (χ2n) is 4.35. The molecule has 0 amide bonds. The molecule has 3 rings (SSSR count). The number of aryl methyl sites for hydroxylation is 2. The van der Waals surface area contributed by atoms with Gasteiger partial charge in [0.2, 0.25) is 0 Å². The number of fused-ring (bicyclic) bond motifs is 1. The largest absolute Gasteiger partial charge is 0.307 e. The van der Waals surface area contributed by atoms with Crippen LogP contribution < -0.4 is 5.32 Å².